The lowest BCUT2D eigenvalue weighted by molar-refractivity contribution is -0.122. The van der Waals surface area contributed by atoms with Crippen molar-refractivity contribution in [1.29, 1.82) is 0 Å². The number of rotatable bonds is 11. The first-order valence-electron chi connectivity index (χ1n) is 10.7. The number of ether oxygens (including phenoxy) is 1. The number of anilines is 1. The molecule has 0 radical (unpaired) electrons. The lowest BCUT2D eigenvalue weighted by atomic mass is 9.92. The molecule has 1 amide bonds. The Morgan fingerprint density at radius 2 is 2.03 bits per heavy atom. The summed E-state index contributed by atoms with van der Waals surface area (Å²) in [6.07, 6.45) is 6.66. The average Bonchev–Trinajstić information content (AvgIpc) is 3.21. The fourth-order valence-corrected chi connectivity index (χ4v) is 2.92. The van der Waals surface area contributed by atoms with Gasteiger partial charge in [-0.05, 0) is 25.7 Å². The maximum absolute atomic E-state index is 12.8. The van der Waals surface area contributed by atoms with E-state index in [1.54, 1.807) is 17.1 Å². The summed E-state index contributed by atoms with van der Waals surface area (Å²) in [7, 11) is 0. The second kappa shape index (κ2) is 11.1. The molecule has 0 aliphatic rings. The molecule has 0 spiro atoms. The molecule has 0 saturated heterocycles. The molecule has 2 N–H and O–H groups in total. The van der Waals surface area contributed by atoms with E-state index in [1.165, 1.54) is 0 Å². The predicted molar refractivity (Wildman–Crippen MR) is 119 cm³/mol. The van der Waals surface area contributed by atoms with Crippen LogP contribution in [0.4, 0.5) is 5.82 Å². The molecular formula is C22H36N6O2. The molecule has 0 aliphatic heterocycles. The Morgan fingerprint density at radius 3 is 2.63 bits per heavy atom. The van der Waals surface area contributed by atoms with Gasteiger partial charge in [0, 0.05) is 43.6 Å². The average molecular weight is 417 g/mol. The number of amides is 1. The number of aromatic nitrogens is 4. The second-order valence-corrected chi connectivity index (χ2v) is 8.83. The van der Waals surface area contributed by atoms with Gasteiger partial charge in [0.05, 0.1) is 5.69 Å². The highest BCUT2D eigenvalue weighted by Gasteiger charge is 2.23. The quantitative estimate of drug-likeness (QED) is 0.546. The normalized spacial score (nSPS) is 12.8. The fraction of sp³-hybridized carbons (Fsp3) is 0.636. The maximum atomic E-state index is 12.8. The van der Waals surface area contributed by atoms with Gasteiger partial charge in [0.2, 0.25) is 11.9 Å². The van der Waals surface area contributed by atoms with Crippen LogP contribution < -0.4 is 10.6 Å². The van der Waals surface area contributed by atoms with Crippen molar-refractivity contribution in [2.24, 2.45) is 5.92 Å². The molecular weight excluding hydrogens is 380 g/mol. The van der Waals surface area contributed by atoms with Crippen LogP contribution in [0.5, 0.6) is 0 Å². The number of nitrogens with zero attached hydrogens (tertiary/aromatic N) is 4. The Labute approximate surface area is 179 Å². The summed E-state index contributed by atoms with van der Waals surface area (Å²) in [6.45, 7) is 14.4. The Bertz CT molecular complexity index is 783. The van der Waals surface area contributed by atoms with Crippen LogP contribution in [0.1, 0.15) is 60.1 Å². The lowest BCUT2D eigenvalue weighted by Gasteiger charge is -2.23. The van der Waals surface area contributed by atoms with Crippen LogP contribution in [0.25, 0.3) is 5.95 Å². The van der Waals surface area contributed by atoms with Gasteiger partial charge >= 0.3 is 0 Å². The minimum Gasteiger partial charge on any atom is -0.382 e. The summed E-state index contributed by atoms with van der Waals surface area (Å²) >= 11 is 0. The smallest absolute Gasteiger partial charge is 0.242 e. The minimum atomic E-state index is -0.379. The molecule has 0 bridgehead atoms. The third-order valence-corrected chi connectivity index (χ3v) is 4.53. The van der Waals surface area contributed by atoms with E-state index in [-0.39, 0.29) is 17.4 Å². The number of hydrogen-bond donors (Lipinski definition) is 2. The van der Waals surface area contributed by atoms with Crippen molar-refractivity contribution >= 4 is 11.7 Å². The molecule has 2 aromatic heterocycles. The van der Waals surface area contributed by atoms with Crippen LogP contribution in [-0.4, -0.2) is 51.2 Å². The number of nitrogens with one attached hydrogen (secondary N) is 2. The number of hydrogen-bond acceptors (Lipinski definition) is 6. The van der Waals surface area contributed by atoms with Crippen molar-refractivity contribution in [1.82, 2.24) is 24.8 Å². The maximum Gasteiger partial charge on any atom is 0.242 e. The largest absolute Gasteiger partial charge is 0.382 e. The summed E-state index contributed by atoms with van der Waals surface area (Å²) in [5.74, 6) is 1.49. The summed E-state index contributed by atoms with van der Waals surface area (Å²) in [5.41, 5.74) is 0.730. The topological polar surface area (TPSA) is 94.0 Å². The molecule has 2 aromatic rings. The van der Waals surface area contributed by atoms with E-state index in [0.29, 0.717) is 43.9 Å². The van der Waals surface area contributed by atoms with Crippen LogP contribution in [0.2, 0.25) is 0 Å². The molecule has 8 heteroatoms. The Balaban J connectivity index is 2.21. The summed E-state index contributed by atoms with van der Waals surface area (Å²) < 4.78 is 7.11. The first-order valence-corrected chi connectivity index (χ1v) is 10.7. The van der Waals surface area contributed by atoms with Crippen molar-refractivity contribution in [3.63, 3.8) is 0 Å². The molecule has 30 heavy (non-hydrogen) atoms. The summed E-state index contributed by atoms with van der Waals surface area (Å²) in [5, 5.41) is 6.36. The van der Waals surface area contributed by atoms with Crippen LogP contribution in [-0.2, 0) is 14.9 Å². The van der Waals surface area contributed by atoms with Crippen molar-refractivity contribution in [3.05, 3.63) is 30.5 Å². The molecule has 2 heterocycles. The van der Waals surface area contributed by atoms with Crippen molar-refractivity contribution in [3.8, 4) is 5.95 Å². The molecule has 0 unspecified atom stereocenters. The van der Waals surface area contributed by atoms with Crippen LogP contribution in [0.15, 0.2) is 24.8 Å². The zero-order valence-electron chi connectivity index (χ0n) is 19.1. The van der Waals surface area contributed by atoms with E-state index in [9.17, 15) is 4.79 Å². The third kappa shape index (κ3) is 7.40. The zero-order valence-corrected chi connectivity index (χ0v) is 19.1. The van der Waals surface area contributed by atoms with E-state index in [4.69, 9.17) is 9.72 Å². The molecule has 0 saturated carbocycles. The van der Waals surface area contributed by atoms with Crippen molar-refractivity contribution in [2.45, 2.75) is 65.8 Å². The van der Waals surface area contributed by atoms with Crippen molar-refractivity contribution < 1.29 is 9.53 Å². The highest BCUT2D eigenvalue weighted by molar-refractivity contribution is 5.84. The lowest BCUT2D eigenvalue weighted by Crippen LogP contribution is -2.41. The van der Waals surface area contributed by atoms with Gasteiger partial charge in [-0.3, -0.25) is 9.36 Å². The van der Waals surface area contributed by atoms with E-state index < -0.39 is 0 Å². The van der Waals surface area contributed by atoms with Crippen LogP contribution in [0, 0.1) is 5.92 Å². The van der Waals surface area contributed by atoms with Gasteiger partial charge in [-0.1, -0.05) is 34.6 Å². The zero-order chi connectivity index (χ0) is 22.1. The van der Waals surface area contributed by atoms with Gasteiger partial charge < -0.3 is 15.4 Å². The number of carbonyl (C=O) groups excluding carboxylic acids is 1. The molecule has 8 nitrogen and oxygen atoms in total. The van der Waals surface area contributed by atoms with Crippen molar-refractivity contribution in [2.75, 3.05) is 25.1 Å². The van der Waals surface area contributed by atoms with Crippen LogP contribution in [0.3, 0.4) is 0 Å². The molecule has 0 aliphatic carbocycles. The predicted octanol–water partition coefficient (Wildman–Crippen LogP) is 3.33. The second-order valence-electron chi connectivity index (χ2n) is 8.83. The highest BCUT2D eigenvalue weighted by atomic mass is 16.5. The molecule has 2 rings (SSSR count). The molecule has 0 aromatic carbocycles. The first kappa shape index (κ1) is 23.8. The summed E-state index contributed by atoms with van der Waals surface area (Å²) in [4.78, 5) is 26.3. The Kier molecular flexibility index (Phi) is 8.77. The molecule has 1 atom stereocenters. The highest BCUT2D eigenvalue weighted by Crippen LogP contribution is 2.24. The van der Waals surface area contributed by atoms with E-state index in [0.717, 1.165) is 12.1 Å². The van der Waals surface area contributed by atoms with E-state index >= 15 is 0 Å². The number of imidazole rings is 1. The van der Waals surface area contributed by atoms with Gasteiger partial charge in [-0.2, -0.15) is 4.98 Å². The third-order valence-electron chi connectivity index (χ3n) is 4.53. The van der Waals surface area contributed by atoms with Gasteiger partial charge in [-0.15, -0.1) is 0 Å². The van der Waals surface area contributed by atoms with Gasteiger partial charge in [0.25, 0.3) is 0 Å². The molecule has 0 fully saturated rings. The fourth-order valence-electron chi connectivity index (χ4n) is 2.92. The Hall–Kier alpha value is -2.48. The van der Waals surface area contributed by atoms with Gasteiger partial charge in [-0.25, -0.2) is 9.97 Å². The monoisotopic (exact) mass is 416 g/mol. The SMILES string of the molecule is CCOCCCNC(=O)[C@H](CC(C)C)Nc1cc(C(C)(C)C)nc(-n2ccnc2)n1. The standard InChI is InChI=1S/C22H36N6O2/c1-7-30-12-8-9-24-20(29)17(13-16(2)3)25-19-14-18(22(4,5)6)26-21(27-19)28-11-10-23-15-28/h10-11,14-17H,7-9,12-13H2,1-6H3,(H,24,29)(H,25,26,27)/t17-/m0/s1. The Morgan fingerprint density at radius 1 is 1.27 bits per heavy atom. The minimum absolute atomic E-state index is 0.0275. The van der Waals surface area contributed by atoms with E-state index in [2.05, 4.69) is 55.2 Å². The first-order chi connectivity index (χ1) is 14.2. The van der Waals surface area contributed by atoms with Gasteiger partial charge in [0.15, 0.2) is 0 Å². The number of carbonyl (C=O) groups is 1. The molecule has 166 valence electrons. The summed E-state index contributed by atoms with van der Waals surface area (Å²) in [6, 6.07) is 1.55. The van der Waals surface area contributed by atoms with E-state index in [1.807, 2.05) is 19.2 Å². The van der Waals surface area contributed by atoms with Crippen LogP contribution >= 0.6 is 0 Å². The van der Waals surface area contributed by atoms with Gasteiger partial charge in [0.1, 0.15) is 18.2 Å².